The first-order chi connectivity index (χ1) is 7.16. The average Bonchev–Trinajstić information content (AvgIpc) is 2.11. The molecule has 0 aliphatic heterocycles. The van der Waals surface area contributed by atoms with Crippen molar-refractivity contribution in [1.82, 2.24) is 0 Å². The largest absolute Gasteiger partial charge is 0.507 e. The monoisotopic (exact) mass is 268 g/mol. The Bertz CT molecular complexity index is 566. The summed E-state index contributed by atoms with van der Waals surface area (Å²) >= 11 is 0. The summed E-state index contributed by atoms with van der Waals surface area (Å²) in [5.74, 6) is -3.67. The van der Waals surface area contributed by atoms with Crippen molar-refractivity contribution in [2.75, 3.05) is 0 Å². The fourth-order valence-corrected chi connectivity index (χ4v) is 2.06. The predicted molar refractivity (Wildman–Crippen MR) is 52.8 cm³/mol. The minimum Gasteiger partial charge on any atom is -0.507 e. The van der Waals surface area contributed by atoms with Crippen LogP contribution in [0.2, 0.25) is 0 Å². The van der Waals surface area contributed by atoms with Crippen LogP contribution >= 0.6 is 10.7 Å². The van der Waals surface area contributed by atoms with E-state index in [0.29, 0.717) is 6.07 Å². The second-order valence-corrected chi connectivity index (χ2v) is 5.49. The lowest BCUT2D eigenvalue weighted by atomic mass is 10.1. The van der Waals surface area contributed by atoms with Gasteiger partial charge in [-0.2, -0.15) is 0 Å². The molecule has 0 unspecified atom stereocenters. The Morgan fingerprint density at radius 3 is 2.38 bits per heavy atom. The van der Waals surface area contributed by atoms with E-state index in [4.69, 9.17) is 15.8 Å². The first-order valence-corrected chi connectivity index (χ1v) is 6.17. The maximum absolute atomic E-state index is 13.4. The molecule has 0 amide bonds. The Balaban J connectivity index is 3.74. The normalized spacial score (nSPS) is 11.4. The van der Waals surface area contributed by atoms with Crippen LogP contribution in [0.5, 0.6) is 5.75 Å². The van der Waals surface area contributed by atoms with E-state index in [1.54, 1.807) is 0 Å². The second kappa shape index (κ2) is 3.91. The number of hydrogen-bond acceptors (Lipinski definition) is 4. The summed E-state index contributed by atoms with van der Waals surface area (Å²) in [6.07, 6.45) is 0. The van der Waals surface area contributed by atoms with Crippen LogP contribution in [0.25, 0.3) is 0 Å². The number of carboxylic acid groups (broad SMARTS) is 1. The molecule has 88 valence electrons. The Kier molecular flexibility index (Phi) is 3.11. The first kappa shape index (κ1) is 12.7. The van der Waals surface area contributed by atoms with Gasteiger partial charge in [-0.05, 0) is 13.0 Å². The van der Waals surface area contributed by atoms with Gasteiger partial charge >= 0.3 is 5.97 Å². The quantitative estimate of drug-likeness (QED) is 0.793. The molecule has 1 aromatic rings. The van der Waals surface area contributed by atoms with E-state index in [2.05, 4.69) is 0 Å². The van der Waals surface area contributed by atoms with Gasteiger partial charge in [-0.25, -0.2) is 17.6 Å². The number of hydrogen-bond donors (Lipinski definition) is 2. The highest BCUT2D eigenvalue weighted by Gasteiger charge is 2.25. The van der Waals surface area contributed by atoms with E-state index in [1.807, 2.05) is 0 Å². The Labute approximate surface area is 94.5 Å². The molecule has 2 N–H and O–H groups in total. The van der Waals surface area contributed by atoms with Crippen LogP contribution in [0.15, 0.2) is 11.0 Å². The fraction of sp³-hybridized carbons (Fsp3) is 0.125. The molecule has 0 heterocycles. The summed E-state index contributed by atoms with van der Waals surface area (Å²) in [5.41, 5.74) is -1.21. The van der Waals surface area contributed by atoms with Crippen LogP contribution in [0.1, 0.15) is 15.9 Å². The van der Waals surface area contributed by atoms with Gasteiger partial charge in [0.25, 0.3) is 9.05 Å². The molecule has 8 heteroatoms. The third-order valence-corrected chi connectivity index (χ3v) is 3.25. The highest BCUT2D eigenvalue weighted by molar-refractivity contribution is 8.13. The zero-order chi connectivity index (χ0) is 12.7. The molecule has 0 spiro atoms. The molecule has 1 aromatic carbocycles. The van der Waals surface area contributed by atoms with Crippen LogP contribution < -0.4 is 0 Å². The van der Waals surface area contributed by atoms with Gasteiger partial charge in [-0.15, -0.1) is 0 Å². The Morgan fingerprint density at radius 1 is 1.50 bits per heavy atom. The van der Waals surface area contributed by atoms with Gasteiger partial charge < -0.3 is 10.2 Å². The van der Waals surface area contributed by atoms with Crippen LogP contribution in [0.4, 0.5) is 4.39 Å². The lowest BCUT2D eigenvalue weighted by molar-refractivity contribution is 0.0693. The third kappa shape index (κ3) is 2.10. The van der Waals surface area contributed by atoms with E-state index >= 15 is 0 Å². The maximum Gasteiger partial charge on any atom is 0.339 e. The zero-order valence-corrected chi connectivity index (χ0v) is 9.43. The summed E-state index contributed by atoms with van der Waals surface area (Å²) in [6.45, 7) is 1.04. The van der Waals surface area contributed by atoms with Gasteiger partial charge in [0.15, 0.2) is 0 Å². The van der Waals surface area contributed by atoms with Crippen molar-refractivity contribution in [1.29, 1.82) is 0 Å². The number of carboxylic acids is 1. The second-order valence-electron chi connectivity index (χ2n) is 2.95. The number of phenols is 1. The first-order valence-electron chi connectivity index (χ1n) is 3.86. The zero-order valence-electron chi connectivity index (χ0n) is 7.86. The van der Waals surface area contributed by atoms with Crippen molar-refractivity contribution in [3.05, 3.63) is 23.0 Å². The van der Waals surface area contributed by atoms with Crippen molar-refractivity contribution in [3.63, 3.8) is 0 Å². The molecule has 16 heavy (non-hydrogen) atoms. The molecule has 0 aliphatic rings. The Hall–Kier alpha value is -1.34. The molecule has 0 saturated heterocycles. The number of carbonyl (C=O) groups is 1. The average molecular weight is 269 g/mol. The summed E-state index contributed by atoms with van der Waals surface area (Å²) in [5, 5.41) is 17.9. The van der Waals surface area contributed by atoms with E-state index in [9.17, 15) is 22.7 Å². The molecular formula is C8H6ClFO5S. The van der Waals surface area contributed by atoms with Gasteiger partial charge in [-0.3, -0.25) is 0 Å². The smallest absolute Gasteiger partial charge is 0.339 e. The standard InChI is InChI=1S/C8H6ClFO5S/c1-3-6(10)5(16(9,14)15)2-4(7(3)11)8(12)13/h2,11H,1H3,(H,12,13). The molecule has 0 aromatic heterocycles. The van der Waals surface area contributed by atoms with Crippen molar-refractivity contribution in [2.24, 2.45) is 0 Å². The molecule has 0 aliphatic carbocycles. The van der Waals surface area contributed by atoms with Gasteiger partial charge in [0, 0.05) is 16.2 Å². The lowest BCUT2D eigenvalue weighted by Gasteiger charge is -2.07. The van der Waals surface area contributed by atoms with Crippen LogP contribution in [0.3, 0.4) is 0 Å². The molecule has 0 fully saturated rings. The summed E-state index contributed by atoms with van der Waals surface area (Å²) in [4.78, 5) is 9.67. The van der Waals surface area contributed by atoms with Crippen LogP contribution in [-0.2, 0) is 9.05 Å². The number of aromatic carboxylic acids is 1. The van der Waals surface area contributed by atoms with Gasteiger partial charge in [0.2, 0.25) is 0 Å². The summed E-state index contributed by atoms with van der Waals surface area (Å²) in [6, 6.07) is 0.475. The molecule has 5 nitrogen and oxygen atoms in total. The van der Waals surface area contributed by atoms with Gasteiger partial charge in [0.1, 0.15) is 22.0 Å². The number of halogens is 2. The summed E-state index contributed by atoms with van der Waals surface area (Å²) < 4.78 is 35.3. The predicted octanol–water partition coefficient (Wildman–Crippen LogP) is 1.47. The molecule has 1 rings (SSSR count). The maximum atomic E-state index is 13.4. The van der Waals surface area contributed by atoms with E-state index in [0.717, 1.165) is 6.92 Å². The fourth-order valence-electron chi connectivity index (χ4n) is 1.09. The number of aromatic hydroxyl groups is 1. The topological polar surface area (TPSA) is 91.7 Å². The van der Waals surface area contributed by atoms with Crippen molar-refractivity contribution in [3.8, 4) is 5.75 Å². The lowest BCUT2D eigenvalue weighted by Crippen LogP contribution is -2.05. The van der Waals surface area contributed by atoms with Gasteiger partial charge in [0.05, 0.1) is 0 Å². The van der Waals surface area contributed by atoms with E-state index < -0.39 is 42.6 Å². The van der Waals surface area contributed by atoms with Crippen LogP contribution in [0, 0.1) is 12.7 Å². The number of benzene rings is 1. The van der Waals surface area contributed by atoms with Crippen molar-refractivity contribution < 1.29 is 27.8 Å². The molecule has 0 bridgehead atoms. The molecule has 0 atom stereocenters. The summed E-state index contributed by atoms with van der Waals surface area (Å²) in [7, 11) is 0.516. The highest BCUT2D eigenvalue weighted by Crippen LogP contribution is 2.31. The van der Waals surface area contributed by atoms with Gasteiger partial charge in [-0.1, -0.05) is 0 Å². The minimum absolute atomic E-state index is 0.475. The van der Waals surface area contributed by atoms with Crippen molar-refractivity contribution >= 4 is 25.7 Å². The number of rotatable bonds is 2. The van der Waals surface area contributed by atoms with Crippen molar-refractivity contribution in [2.45, 2.75) is 11.8 Å². The molecular weight excluding hydrogens is 263 g/mol. The van der Waals surface area contributed by atoms with Crippen LogP contribution in [-0.4, -0.2) is 24.6 Å². The SMILES string of the molecule is Cc1c(O)c(C(=O)O)cc(S(=O)(=O)Cl)c1F. The molecule has 0 radical (unpaired) electrons. The Morgan fingerprint density at radius 2 is 2.00 bits per heavy atom. The van der Waals surface area contributed by atoms with E-state index in [-0.39, 0.29) is 0 Å². The van der Waals surface area contributed by atoms with E-state index in [1.165, 1.54) is 0 Å². The minimum atomic E-state index is -4.41. The third-order valence-electron chi connectivity index (χ3n) is 1.92. The molecule has 0 saturated carbocycles. The highest BCUT2D eigenvalue weighted by atomic mass is 35.7.